The Bertz CT molecular complexity index is 691. The number of benzene rings is 1. The average molecular weight is 352 g/mol. The van der Waals surface area contributed by atoms with Gasteiger partial charge in [-0.25, -0.2) is 0 Å². The number of hydrogen-bond donors (Lipinski definition) is 0. The van der Waals surface area contributed by atoms with Crippen LogP contribution < -0.4 is 0 Å². The SMILES string of the molecule is CC(C)N(C(=O)C(c1cccnc1)C(CC=O)c1ccccc1)C(C)C. The highest BCUT2D eigenvalue weighted by Crippen LogP contribution is 2.37. The van der Waals surface area contributed by atoms with Crippen LogP contribution >= 0.6 is 0 Å². The summed E-state index contributed by atoms with van der Waals surface area (Å²) in [6.07, 6.45) is 4.63. The van der Waals surface area contributed by atoms with Crippen molar-refractivity contribution in [3.63, 3.8) is 0 Å². The van der Waals surface area contributed by atoms with Gasteiger partial charge in [-0.1, -0.05) is 36.4 Å². The van der Waals surface area contributed by atoms with Gasteiger partial charge >= 0.3 is 0 Å². The van der Waals surface area contributed by atoms with E-state index in [1.165, 1.54) is 0 Å². The van der Waals surface area contributed by atoms with Gasteiger partial charge in [0.1, 0.15) is 6.29 Å². The normalized spacial score (nSPS) is 13.5. The summed E-state index contributed by atoms with van der Waals surface area (Å²) >= 11 is 0. The molecule has 4 heteroatoms. The van der Waals surface area contributed by atoms with Gasteiger partial charge in [0.05, 0.1) is 5.92 Å². The van der Waals surface area contributed by atoms with Crippen molar-refractivity contribution >= 4 is 12.2 Å². The first-order chi connectivity index (χ1) is 12.5. The average Bonchev–Trinajstić information content (AvgIpc) is 2.62. The zero-order valence-corrected chi connectivity index (χ0v) is 16.0. The van der Waals surface area contributed by atoms with E-state index in [9.17, 15) is 9.59 Å². The molecule has 1 aromatic carbocycles. The molecule has 2 rings (SSSR count). The fourth-order valence-corrected chi connectivity index (χ4v) is 3.64. The molecule has 0 aliphatic heterocycles. The molecule has 1 aromatic heterocycles. The maximum absolute atomic E-state index is 13.6. The van der Waals surface area contributed by atoms with Crippen LogP contribution in [-0.4, -0.2) is 34.2 Å². The summed E-state index contributed by atoms with van der Waals surface area (Å²) in [4.78, 5) is 31.2. The standard InChI is InChI=1S/C22H28N2O2/c1-16(2)24(17(3)4)22(26)21(19-11-8-13-23-15-19)20(12-14-25)18-9-6-5-7-10-18/h5-11,13-17,20-21H,12H2,1-4H3. The van der Waals surface area contributed by atoms with Crippen LogP contribution in [0.5, 0.6) is 0 Å². The number of amides is 1. The van der Waals surface area contributed by atoms with Crippen LogP contribution in [-0.2, 0) is 9.59 Å². The first-order valence-corrected chi connectivity index (χ1v) is 9.18. The molecule has 26 heavy (non-hydrogen) atoms. The summed E-state index contributed by atoms with van der Waals surface area (Å²) in [6.45, 7) is 8.09. The zero-order chi connectivity index (χ0) is 19.1. The molecule has 0 spiro atoms. The molecule has 0 bridgehead atoms. The lowest BCUT2D eigenvalue weighted by atomic mass is 9.79. The summed E-state index contributed by atoms with van der Waals surface area (Å²) in [6, 6.07) is 13.7. The van der Waals surface area contributed by atoms with E-state index >= 15 is 0 Å². The molecule has 0 saturated heterocycles. The van der Waals surface area contributed by atoms with Gasteiger partial charge in [-0.05, 0) is 44.9 Å². The van der Waals surface area contributed by atoms with Crippen molar-refractivity contribution in [3.8, 4) is 0 Å². The highest BCUT2D eigenvalue weighted by Gasteiger charge is 2.35. The third-order valence-electron chi connectivity index (χ3n) is 4.66. The Hall–Kier alpha value is -2.49. The lowest BCUT2D eigenvalue weighted by Crippen LogP contribution is -2.45. The molecule has 1 heterocycles. The smallest absolute Gasteiger partial charge is 0.231 e. The molecule has 1 amide bonds. The second kappa shape index (κ2) is 9.27. The Morgan fingerprint density at radius 2 is 1.62 bits per heavy atom. The fourth-order valence-electron chi connectivity index (χ4n) is 3.64. The minimum atomic E-state index is -0.443. The third kappa shape index (κ3) is 4.57. The highest BCUT2D eigenvalue weighted by atomic mass is 16.2. The molecule has 4 nitrogen and oxygen atoms in total. The summed E-state index contributed by atoms with van der Waals surface area (Å²) < 4.78 is 0. The van der Waals surface area contributed by atoms with Gasteiger partial charge in [-0.3, -0.25) is 9.78 Å². The van der Waals surface area contributed by atoms with Gasteiger partial charge in [0, 0.05) is 36.8 Å². The first-order valence-electron chi connectivity index (χ1n) is 9.18. The Morgan fingerprint density at radius 1 is 1.00 bits per heavy atom. The molecule has 0 N–H and O–H groups in total. The molecule has 0 aliphatic rings. The molecule has 2 unspecified atom stereocenters. The number of carbonyl (C=O) groups is 2. The first kappa shape index (κ1) is 19.8. The van der Waals surface area contributed by atoms with E-state index in [0.29, 0.717) is 6.42 Å². The van der Waals surface area contributed by atoms with E-state index in [1.807, 2.05) is 75.1 Å². The molecular weight excluding hydrogens is 324 g/mol. The lowest BCUT2D eigenvalue weighted by molar-refractivity contribution is -0.137. The molecule has 0 saturated carbocycles. The molecular formula is C22H28N2O2. The van der Waals surface area contributed by atoms with Crippen molar-refractivity contribution in [1.82, 2.24) is 9.88 Å². The molecule has 0 radical (unpaired) electrons. The number of pyridine rings is 1. The van der Waals surface area contributed by atoms with Gasteiger partial charge in [0.15, 0.2) is 0 Å². The third-order valence-corrected chi connectivity index (χ3v) is 4.66. The van der Waals surface area contributed by atoms with E-state index in [4.69, 9.17) is 0 Å². The summed E-state index contributed by atoms with van der Waals surface area (Å²) in [5, 5.41) is 0. The van der Waals surface area contributed by atoms with Crippen molar-refractivity contribution in [3.05, 3.63) is 66.0 Å². The Balaban J connectivity index is 2.56. The Labute approximate surface area is 156 Å². The maximum atomic E-state index is 13.6. The molecule has 2 atom stereocenters. The molecule has 0 aliphatic carbocycles. The highest BCUT2D eigenvalue weighted by molar-refractivity contribution is 5.86. The van der Waals surface area contributed by atoms with Gasteiger partial charge in [0.25, 0.3) is 0 Å². The van der Waals surface area contributed by atoms with Crippen LogP contribution in [0, 0.1) is 0 Å². The second-order valence-corrected chi connectivity index (χ2v) is 7.12. The number of nitrogens with zero attached hydrogens (tertiary/aromatic N) is 2. The number of hydrogen-bond acceptors (Lipinski definition) is 3. The van der Waals surface area contributed by atoms with Gasteiger partial charge in [0.2, 0.25) is 5.91 Å². The van der Waals surface area contributed by atoms with E-state index in [1.54, 1.807) is 12.4 Å². The number of aromatic nitrogens is 1. The van der Waals surface area contributed by atoms with Crippen LogP contribution in [0.1, 0.15) is 57.1 Å². The van der Waals surface area contributed by atoms with Crippen LogP contribution in [0.2, 0.25) is 0 Å². The van der Waals surface area contributed by atoms with E-state index in [0.717, 1.165) is 17.4 Å². The predicted molar refractivity (Wildman–Crippen MR) is 104 cm³/mol. The van der Waals surface area contributed by atoms with E-state index < -0.39 is 5.92 Å². The molecule has 138 valence electrons. The van der Waals surface area contributed by atoms with Crippen LogP contribution in [0.4, 0.5) is 0 Å². The zero-order valence-electron chi connectivity index (χ0n) is 16.0. The second-order valence-electron chi connectivity index (χ2n) is 7.12. The number of aldehydes is 1. The quantitative estimate of drug-likeness (QED) is 0.670. The minimum Gasteiger partial charge on any atom is -0.337 e. The van der Waals surface area contributed by atoms with Gasteiger partial charge in [-0.2, -0.15) is 0 Å². The summed E-state index contributed by atoms with van der Waals surface area (Å²) in [7, 11) is 0. The van der Waals surface area contributed by atoms with Crippen LogP contribution in [0.25, 0.3) is 0 Å². The summed E-state index contributed by atoms with van der Waals surface area (Å²) in [5.74, 6) is -0.620. The predicted octanol–water partition coefficient (Wildman–Crippen LogP) is 4.18. The van der Waals surface area contributed by atoms with Gasteiger partial charge < -0.3 is 9.69 Å². The summed E-state index contributed by atoms with van der Waals surface area (Å²) in [5.41, 5.74) is 1.84. The Morgan fingerprint density at radius 3 is 2.12 bits per heavy atom. The van der Waals surface area contributed by atoms with E-state index in [-0.39, 0.29) is 23.9 Å². The van der Waals surface area contributed by atoms with Crippen molar-refractivity contribution in [1.29, 1.82) is 0 Å². The van der Waals surface area contributed by atoms with Crippen molar-refractivity contribution < 1.29 is 9.59 Å². The van der Waals surface area contributed by atoms with Crippen LogP contribution in [0.15, 0.2) is 54.9 Å². The van der Waals surface area contributed by atoms with Crippen LogP contribution in [0.3, 0.4) is 0 Å². The largest absolute Gasteiger partial charge is 0.337 e. The van der Waals surface area contributed by atoms with Crippen molar-refractivity contribution in [2.24, 2.45) is 0 Å². The Kier molecular flexibility index (Phi) is 7.07. The van der Waals surface area contributed by atoms with E-state index in [2.05, 4.69) is 4.98 Å². The van der Waals surface area contributed by atoms with Crippen molar-refractivity contribution in [2.45, 2.75) is 58.0 Å². The topological polar surface area (TPSA) is 50.3 Å². The number of rotatable bonds is 8. The molecule has 0 fully saturated rings. The maximum Gasteiger partial charge on any atom is 0.231 e. The van der Waals surface area contributed by atoms with Crippen molar-refractivity contribution in [2.75, 3.05) is 0 Å². The van der Waals surface area contributed by atoms with Gasteiger partial charge in [-0.15, -0.1) is 0 Å². The fraction of sp³-hybridized carbons (Fsp3) is 0.409. The molecule has 2 aromatic rings. The minimum absolute atomic E-state index is 0.0405. The monoisotopic (exact) mass is 352 g/mol. The lowest BCUT2D eigenvalue weighted by Gasteiger charge is -2.36. The number of carbonyl (C=O) groups excluding carboxylic acids is 2.